The highest BCUT2D eigenvalue weighted by Gasteiger charge is 2.36. The molecule has 0 unspecified atom stereocenters. The number of ether oxygens (including phenoxy) is 1. The summed E-state index contributed by atoms with van der Waals surface area (Å²) in [4.78, 5) is 35.9. The van der Waals surface area contributed by atoms with Crippen LogP contribution in [-0.2, 0) is 30.8 Å². The summed E-state index contributed by atoms with van der Waals surface area (Å²) >= 11 is 0. The molecule has 1 aliphatic carbocycles. The third kappa shape index (κ3) is 6.49. The highest BCUT2D eigenvalue weighted by Crippen LogP contribution is 2.34. The van der Waals surface area contributed by atoms with Crippen molar-refractivity contribution in [3.63, 3.8) is 0 Å². The summed E-state index contributed by atoms with van der Waals surface area (Å²) in [5.74, 6) is -1.24. The molecule has 3 aromatic carbocycles. The fourth-order valence-electron chi connectivity index (χ4n) is 4.19. The Hall–Kier alpha value is -3.83. The molecule has 11 heteroatoms. The maximum absolute atomic E-state index is 13.3. The molecule has 2 atom stereocenters. The van der Waals surface area contributed by atoms with Gasteiger partial charge in [0.2, 0.25) is 15.9 Å². The van der Waals surface area contributed by atoms with E-state index in [-0.39, 0.29) is 18.8 Å². The number of sulfonamides is 1. The number of amides is 1. The Morgan fingerprint density at radius 3 is 2.38 bits per heavy atom. The Bertz CT molecular complexity index is 1440. The van der Waals surface area contributed by atoms with Crippen LogP contribution in [0, 0.1) is 16.0 Å². The first-order chi connectivity index (χ1) is 17.7. The number of benzene rings is 3. The van der Waals surface area contributed by atoms with Crippen LogP contribution in [0.5, 0.6) is 0 Å². The summed E-state index contributed by atoms with van der Waals surface area (Å²) in [6, 6.07) is 16.0. The van der Waals surface area contributed by atoms with Crippen molar-refractivity contribution in [1.29, 1.82) is 0 Å². The van der Waals surface area contributed by atoms with E-state index in [1.807, 2.05) is 42.5 Å². The highest BCUT2D eigenvalue weighted by atomic mass is 32.2. The van der Waals surface area contributed by atoms with Crippen LogP contribution < -0.4 is 10.0 Å². The van der Waals surface area contributed by atoms with Crippen molar-refractivity contribution >= 4 is 38.4 Å². The van der Waals surface area contributed by atoms with Gasteiger partial charge < -0.3 is 10.1 Å². The van der Waals surface area contributed by atoms with Gasteiger partial charge in [-0.3, -0.25) is 14.9 Å². The molecule has 0 spiro atoms. The van der Waals surface area contributed by atoms with Crippen LogP contribution in [0.3, 0.4) is 0 Å². The number of rotatable bonds is 11. The molecule has 3 aromatic rings. The van der Waals surface area contributed by atoms with Crippen LogP contribution in [0.15, 0.2) is 71.6 Å². The molecule has 0 saturated heterocycles. The van der Waals surface area contributed by atoms with E-state index in [4.69, 9.17) is 4.74 Å². The molecule has 1 saturated carbocycles. The topological polar surface area (TPSA) is 145 Å². The smallest absolute Gasteiger partial charge is 0.328 e. The van der Waals surface area contributed by atoms with Crippen molar-refractivity contribution in [1.82, 2.24) is 10.0 Å². The van der Waals surface area contributed by atoms with E-state index in [0.717, 1.165) is 41.3 Å². The molecule has 37 heavy (non-hydrogen) atoms. The molecule has 1 aliphatic rings. The predicted molar refractivity (Wildman–Crippen MR) is 136 cm³/mol. The summed E-state index contributed by atoms with van der Waals surface area (Å²) < 4.78 is 33.4. The molecule has 4 rings (SSSR count). The summed E-state index contributed by atoms with van der Waals surface area (Å²) in [6.45, 7) is 0. The fraction of sp³-hybridized carbons (Fsp3) is 0.308. The lowest BCUT2D eigenvalue weighted by molar-refractivity contribution is -0.387. The Kier molecular flexibility index (Phi) is 7.84. The van der Waals surface area contributed by atoms with Crippen molar-refractivity contribution in [3.8, 4) is 0 Å². The summed E-state index contributed by atoms with van der Waals surface area (Å²) in [5, 5.41) is 16.0. The molecule has 1 fully saturated rings. The van der Waals surface area contributed by atoms with Crippen molar-refractivity contribution in [2.24, 2.45) is 5.92 Å². The van der Waals surface area contributed by atoms with Crippen molar-refractivity contribution in [2.75, 3.05) is 7.11 Å². The maximum atomic E-state index is 13.3. The second-order valence-electron chi connectivity index (χ2n) is 9.05. The number of esters is 1. The van der Waals surface area contributed by atoms with Crippen molar-refractivity contribution in [3.05, 3.63) is 82.4 Å². The average molecular weight is 526 g/mol. The first-order valence-electron chi connectivity index (χ1n) is 11.8. The molecule has 10 nitrogen and oxygen atoms in total. The van der Waals surface area contributed by atoms with Gasteiger partial charge in [-0.25, -0.2) is 13.2 Å². The number of hydrogen-bond acceptors (Lipinski definition) is 7. The standard InChI is InChI=1S/C26H27N3O7S/c1-36-26(31)22(16-18-12-13-19-6-2-3-7-20(19)14-18)27-25(30)21(15-17-10-11-17)28-37(34,35)24-9-5-4-8-23(24)29(32)33/h2-9,12-14,17,21-22,28H,10-11,15-16H2,1H3,(H,27,30)/t21-,22-/m0/s1. The van der Waals surface area contributed by atoms with Crippen LogP contribution in [-0.4, -0.2) is 44.4 Å². The zero-order chi connectivity index (χ0) is 26.6. The fourth-order valence-corrected chi connectivity index (χ4v) is 5.57. The number of carbonyl (C=O) groups excluding carboxylic acids is 2. The Morgan fingerprint density at radius 1 is 1.03 bits per heavy atom. The summed E-state index contributed by atoms with van der Waals surface area (Å²) in [5.41, 5.74) is 0.193. The third-order valence-corrected chi connectivity index (χ3v) is 7.81. The molecule has 0 aliphatic heterocycles. The molecule has 0 radical (unpaired) electrons. The zero-order valence-corrected chi connectivity index (χ0v) is 20.9. The molecular weight excluding hydrogens is 498 g/mol. The number of nitro benzene ring substituents is 1. The third-order valence-electron chi connectivity index (χ3n) is 6.29. The molecule has 0 bridgehead atoms. The molecule has 194 valence electrons. The lowest BCUT2D eigenvalue weighted by atomic mass is 10.0. The van der Waals surface area contributed by atoms with E-state index in [1.54, 1.807) is 0 Å². The second kappa shape index (κ2) is 11.1. The minimum atomic E-state index is -4.41. The van der Waals surface area contributed by atoms with E-state index in [9.17, 15) is 28.1 Å². The number of nitrogens with one attached hydrogen (secondary N) is 2. The monoisotopic (exact) mass is 525 g/mol. The van der Waals surface area contributed by atoms with Crippen molar-refractivity contribution in [2.45, 2.75) is 42.7 Å². The van der Waals surface area contributed by atoms with Gasteiger partial charge in [0, 0.05) is 12.5 Å². The van der Waals surface area contributed by atoms with E-state index in [2.05, 4.69) is 10.0 Å². The van der Waals surface area contributed by atoms with Gasteiger partial charge >= 0.3 is 5.97 Å². The quantitative estimate of drug-likeness (QED) is 0.222. The molecular formula is C26H27N3O7S. The predicted octanol–water partition coefficient (Wildman–Crippen LogP) is 3.10. The molecule has 0 aromatic heterocycles. The van der Waals surface area contributed by atoms with E-state index >= 15 is 0 Å². The number of para-hydroxylation sites is 1. The zero-order valence-electron chi connectivity index (χ0n) is 20.1. The van der Waals surface area contributed by atoms with Crippen LogP contribution >= 0.6 is 0 Å². The van der Waals surface area contributed by atoms with E-state index in [1.165, 1.54) is 19.2 Å². The molecule has 1 amide bonds. The van der Waals surface area contributed by atoms with Gasteiger partial charge in [0.25, 0.3) is 5.69 Å². The average Bonchev–Trinajstić information content (AvgIpc) is 3.71. The van der Waals surface area contributed by atoms with Gasteiger partial charge in [-0.05, 0) is 34.7 Å². The minimum absolute atomic E-state index is 0.135. The van der Waals surface area contributed by atoms with Crippen LogP contribution in [0.1, 0.15) is 24.8 Å². The first kappa shape index (κ1) is 26.2. The summed E-state index contributed by atoms with van der Waals surface area (Å²) in [7, 11) is -3.20. The highest BCUT2D eigenvalue weighted by molar-refractivity contribution is 7.89. The van der Waals surface area contributed by atoms with Crippen LogP contribution in [0.25, 0.3) is 10.8 Å². The Balaban J connectivity index is 1.56. The van der Waals surface area contributed by atoms with Crippen LogP contribution in [0.4, 0.5) is 5.69 Å². The van der Waals surface area contributed by atoms with E-state index in [0.29, 0.717) is 0 Å². The van der Waals surface area contributed by atoms with Gasteiger partial charge in [0.1, 0.15) is 12.1 Å². The SMILES string of the molecule is COC(=O)[C@H](Cc1ccc2ccccc2c1)NC(=O)[C@H](CC1CC1)NS(=O)(=O)c1ccccc1[N+](=O)[O-]. The number of carbonyl (C=O) groups is 2. The van der Waals surface area contributed by atoms with Crippen LogP contribution in [0.2, 0.25) is 0 Å². The number of hydrogen-bond donors (Lipinski definition) is 2. The first-order valence-corrected chi connectivity index (χ1v) is 13.3. The molecule has 2 N–H and O–H groups in total. The van der Waals surface area contributed by atoms with Gasteiger partial charge in [-0.2, -0.15) is 4.72 Å². The lowest BCUT2D eigenvalue weighted by Gasteiger charge is -2.22. The number of nitrogens with zero attached hydrogens (tertiary/aromatic N) is 1. The number of fused-ring (bicyclic) bond motifs is 1. The number of methoxy groups -OCH3 is 1. The van der Waals surface area contributed by atoms with Crippen molar-refractivity contribution < 1.29 is 27.7 Å². The van der Waals surface area contributed by atoms with Gasteiger partial charge in [-0.15, -0.1) is 0 Å². The van der Waals surface area contributed by atoms with Gasteiger partial charge in [0.05, 0.1) is 12.0 Å². The van der Waals surface area contributed by atoms with Gasteiger partial charge in [0.15, 0.2) is 4.90 Å². The minimum Gasteiger partial charge on any atom is -0.467 e. The normalized spacial score (nSPS) is 15.1. The van der Waals surface area contributed by atoms with Gasteiger partial charge in [-0.1, -0.05) is 67.4 Å². The maximum Gasteiger partial charge on any atom is 0.328 e. The van der Waals surface area contributed by atoms with E-state index < -0.39 is 49.5 Å². The Morgan fingerprint density at radius 2 is 1.70 bits per heavy atom. The largest absolute Gasteiger partial charge is 0.467 e. The lowest BCUT2D eigenvalue weighted by Crippen LogP contribution is -2.52. The second-order valence-corrected chi connectivity index (χ2v) is 10.7. The molecule has 0 heterocycles. The number of nitro groups is 1. The Labute approximate surface area is 214 Å². The summed E-state index contributed by atoms with van der Waals surface area (Å²) in [6.07, 6.45) is 2.02.